The number of hydrogen-bond acceptors (Lipinski definition) is 3. The predicted octanol–water partition coefficient (Wildman–Crippen LogP) is 2.02. The zero-order chi connectivity index (χ0) is 18.0. The number of nitrogens with one attached hydrogen (secondary N) is 2. The molecule has 2 aliphatic rings. The number of urea groups is 1. The third kappa shape index (κ3) is 3.01. The fourth-order valence-corrected chi connectivity index (χ4v) is 4.12. The van der Waals surface area contributed by atoms with Crippen molar-refractivity contribution in [3.63, 3.8) is 0 Å². The summed E-state index contributed by atoms with van der Waals surface area (Å²) in [5, 5.41) is 5.88. The van der Waals surface area contributed by atoms with E-state index in [0.717, 1.165) is 23.3 Å². The number of carbonyl (C=O) groups is 3. The van der Waals surface area contributed by atoms with Gasteiger partial charge in [-0.2, -0.15) is 0 Å². The fourth-order valence-electron chi connectivity index (χ4n) is 4.12. The van der Waals surface area contributed by atoms with Crippen molar-refractivity contribution in [1.29, 1.82) is 0 Å². The first-order chi connectivity index (χ1) is 12.0. The van der Waals surface area contributed by atoms with Gasteiger partial charge in [0.15, 0.2) is 0 Å². The van der Waals surface area contributed by atoms with E-state index in [0.29, 0.717) is 19.4 Å². The van der Waals surface area contributed by atoms with Crippen molar-refractivity contribution >= 4 is 17.8 Å². The Hall–Kier alpha value is -2.37. The van der Waals surface area contributed by atoms with Gasteiger partial charge in [0, 0.05) is 19.5 Å². The summed E-state index contributed by atoms with van der Waals surface area (Å²) in [7, 11) is 1.50. The first kappa shape index (κ1) is 17.5. The number of hydrogen-bond donors (Lipinski definition) is 2. The Kier molecular flexibility index (Phi) is 4.79. The van der Waals surface area contributed by atoms with E-state index in [1.54, 1.807) is 0 Å². The monoisotopic (exact) mass is 343 g/mol. The topological polar surface area (TPSA) is 78.5 Å². The number of carbonyl (C=O) groups excluding carboxylic acids is 3. The Morgan fingerprint density at radius 2 is 2.08 bits per heavy atom. The molecule has 1 heterocycles. The van der Waals surface area contributed by atoms with Gasteiger partial charge in [-0.05, 0) is 24.8 Å². The molecular formula is C19H25N3O3. The maximum Gasteiger partial charge on any atom is 0.324 e. The maximum absolute atomic E-state index is 12.7. The normalized spacial score (nSPS) is 26.8. The van der Waals surface area contributed by atoms with Gasteiger partial charge in [0.2, 0.25) is 5.91 Å². The molecule has 1 saturated carbocycles. The molecular weight excluding hydrogens is 318 g/mol. The van der Waals surface area contributed by atoms with Crippen LogP contribution in [-0.4, -0.2) is 41.9 Å². The van der Waals surface area contributed by atoms with Gasteiger partial charge in [0.1, 0.15) is 5.54 Å². The van der Waals surface area contributed by atoms with E-state index in [9.17, 15) is 14.4 Å². The zero-order valence-corrected chi connectivity index (χ0v) is 14.7. The molecule has 1 aromatic carbocycles. The number of nitrogens with zero attached hydrogens (tertiary/aromatic N) is 1. The standard InChI is InChI=1S/C19H25N3O3/c1-3-15(13-8-5-4-6-9-13)16(23)20-12-14-10-7-11-19(14)17(24)22(2)18(25)21-19/h4-6,8-9,14-15H,3,7,10-12H2,1-2H3,(H,20,23)(H,21,25). The molecule has 134 valence electrons. The van der Waals surface area contributed by atoms with Crippen LogP contribution in [0.4, 0.5) is 4.79 Å². The molecule has 0 bridgehead atoms. The summed E-state index contributed by atoms with van der Waals surface area (Å²) in [6, 6.07) is 9.36. The van der Waals surface area contributed by atoms with Gasteiger partial charge in [0.25, 0.3) is 5.91 Å². The lowest BCUT2D eigenvalue weighted by Crippen LogP contribution is -2.53. The Balaban J connectivity index is 1.67. The first-order valence-electron chi connectivity index (χ1n) is 8.92. The average molecular weight is 343 g/mol. The third-order valence-electron chi connectivity index (χ3n) is 5.59. The summed E-state index contributed by atoms with van der Waals surface area (Å²) in [5.74, 6) is -0.466. The van der Waals surface area contributed by atoms with E-state index in [4.69, 9.17) is 0 Å². The van der Waals surface area contributed by atoms with Gasteiger partial charge in [-0.15, -0.1) is 0 Å². The lowest BCUT2D eigenvalue weighted by atomic mass is 9.86. The molecule has 6 nitrogen and oxygen atoms in total. The number of imide groups is 1. The zero-order valence-electron chi connectivity index (χ0n) is 14.7. The SMILES string of the molecule is CCC(C(=O)NCC1CCCC12NC(=O)N(C)C2=O)c1ccccc1. The van der Waals surface area contributed by atoms with Crippen LogP contribution in [0.5, 0.6) is 0 Å². The van der Waals surface area contributed by atoms with E-state index < -0.39 is 5.54 Å². The van der Waals surface area contributed by atoms with Crippen molar-refractivity contribution in [2.45, 2.75) is 44.1 Å². The summed E-state index contributed by atoms with van der Waals surface area (Å²) in [6.07, 6.45) is 3.04. The van der Waals surface area contributed by atoms with Crippen molar-refractivity contribution in [3.05, 3.63) is 35.9 Å². The summed E-state index contributed by atoms with van der Waals surface area (Å²) in [5.41, 5.74) is 0.154. The lowest BCUT2D eigenvalue weighted by molar-refractivity contribution is -0.132. The molecule has 25 heavy (non-hydrogen) atoms. The Bertz CT molecular complexity index is 676. The second kappa shape index (κ2) is 6.86. The van der Waals surface area contributed by atoms with E-state index >= 15 is 0 Å². The van der Waals surface area contributed by atoms with Gasteiger partial charge < -0.3 is 10.6 Å². The van der Waals surface area contributed by atoms with E-state index in [1.807, 2.05) is 37.3 Å². The molecule has 3 atom stereocenters. The number of amides is 4. The molecule has 3 unspecified atom stereocenters. The average Bonchev–Trinajstić information content (AvgIpc) is 3.12. The van der Waals surface area contributed by atoms with Crippen LogP contribution in [0.25, 0.3) is 0 Å². The Morgan fingerprint density at radius 1 is 1.36 bits per heavy atom. The molecule has 2 N–H and O–H groups in total. The molecule has 6 heteroatoms. The summed E-state index contributed by atoms with van der Waals surface area (Å²) in [4.78, 5) is 38.2. The molecule has 1 aliphatic carbocycles. The minimum Gasteiger partial charge on any atom is -0.355 e. The minimum atomic E-state index is -0.840. The van der Waals surface area contributed by atoms with Gasteiger partial charge in [-0.25, -0.2) is 4.79 Å². The molecule has 1 aromatic rings. The highest BCUT2D eigenvalue weighted by Gasteiger charge is 2.56. The van der Waals surface area contributed by atoms with Crippen LogP contribution < -0.4 is 10.6 Å². The van der Waals surface area contributed by atoms with Gasteiger partial charge in [-0.1, -0.05) is 43.7 Å². The second-order valence-corrected chi connectivity index (χ2v) is 6.97. The van der Waals surface area contributed by atoms with Crippen LogP contribution in [0.15, 0.2) is 30.3 Å². The molecule has 0 radical (unpaired) electrons. The van der Waals surface area contributed by atoms with Crippen molar-refractivity contribution in [3.8, 4) is 0 Å². The molecule has 1 saturated heterocycles. The third-order valence-corrected chi connectivity index (χ3v) is 5.59. The van der Waals surface area contributed by atoms with Crippen LogP contribution in [0, 0.1) is 5.92 Å². The van der Waals surface area contributed by atoms with E-state index in [2.05, 4.69) is 10.6 Å². The maximum atomic E-state index is 12.7. The van der Waals surface area contributed by atoms with Crippen LogP contribution in [-0.2, 0) is 9.59 Å². The largest absolute Gasteiger partial charge is 0.355 e. The van der Waals surface area contributed by atoms with Crippen molar-refractivity contribution in [2.24, 2.45) is 5.92 Å². The van der Waals surface area contributed by atoms with Gasteiger partial charge in [0.05, 0.1) is 5.92 Å². The fraction of sp³-hybridized carbons (Fsp3) is 0.526. The first-order valence-corrected chi connectivity index (χ1v) is 8.92. The van der Waals surface area contributed by atoms with Crippen LogP contribution >= 0.6 is 0 Å². The van der Waals surface area contributed by atoms with Crippen LogP contribution in [0.2, 0.25) is 0 Å². The highest BCUT2D eigenvalue weighted by molar-refractivity contribution is 6.07. The van der Waals surface area contributed by atoms with Crippen LogP contribution in [0.3, 0.4) is 0 Å². The molecule has 3 rings (SSSR count). The van der Waals surface area contributed by atoms with E-state index in [1.165, 1.54) is 7.05 Å². The summed E-state index contributed by atoms with van der Waals surface area (Å²) >= 11 is 0. The minimum absolute atomic E-state index is 0.0270. The summed E-state index contributed by atoms with van der Waals surface area (Å²) in [6.45, 7) is 2.39. The smallest absolute Gasteiger partial charge is 0.324 e. The van der Waals surface area contributed by atoms with E-state index in [-0.39, 0.29) is 29.7 Å². The second-order valence-electron chi connectivity index (χ2n) is 6.97. The lowest BCUT2D eigenvalue weighted by Gasteiger charge is -2.29. The quantitative estimate of drug-likeness (QED) is 0.803. The molecule has 0 aromatic heterocycles. The Morgan fingerprint density at radius 3 is 2.68 bits per heavy atom. The number of rotatable bonds is 5. The molecule has 4 amide bonds. The van der Waals surface area contributed by atoms with Crippen molar-refractivity contribution in [2.75, 3.05) is 13.6 Å². The molecule has 1 aliphatic heterocycles. The number of benzene rings is 1. The highest BCUT2D eigenvalue weighted by atomic mass is 16.2. The highest BCUT2D eigenvalue weighted by Crippen LogP contribution is 2.39. The van der Waals surface area contributed by atoms with Crippen molar-refractivity contribution in [1.82, 2.24) is 15.5 Å². The van der Waals surface area contributed by atoms with Gasteiger partial charge in [-0.3, -0.25) is 14.5 Å². The number of likely N-dealkylation sites (N-methyl/N-ethyl adjacent to an activating group) is 1. The molecule has 2 fully saturated rings. The summed E-state index contributed by atoms with van der Waals surface area (Å²) < 4.78 is 0. The predicted molar refractivity (Wildman–Crippen MR) is 93.9 cm³/mol. The molecule has 1 spiro atoms. The van der Waals surface area contributed by atoms with Crippen molar-refractivity contribution < 1.29 is 14.4 Å². The van der Waals surface area contributed by atoms with Gasteiger partial charge >= 0.3 is 6.03 Å². The van der Waals surface area contributed by atoms with Crippen LogP contribution in [0.1, 0.15) is 44.1 Å². The Labute approximate surface area is 148 Å².